The Morgan fingerprint density at radius 1 is 1.09 bits per heavy atom. The van der Waals surface area contributed by atoms with Crippen LogP contribution in [0.1, 0.15) is 37.2 Å². The first-order valence-corrected chi connectivity index (χ1v) is 9.92. The molecule has 1 atom stereocenters. The minimum Gasteiger partial charge on any atom is -0.449 e. The molecule has 1 unspecified atom stereocenters. The van der Waals surface area contributed by atoms with E-state index in [1.54, 1.807) is 41.2 Å². The van der Waals surface area contributed by atoms with Gasteiger partial charge in [-0.05, 0) is 45.0 Å². The van der Waals surface area contributed by atoms with Crippen LogP contribution in [-0.2, 0) is 9.53 Å². The molecule has 0 aliphatic rings. The van der Waals surface area contributed by atoms with E-state index < -0.39 is 22.9 Å². The monoisotopic (exact) mass is 437 g/mol. The van der Waals surface area contributed by atoms with Crippen molar-refractivity contribution in [2.24, 2.45) is 0 Å². The third-order valence-electron chi connectivity index (χ3n) is 4.55. The molecule has 2 aromatic carbocycles. The zero-order valence-electron chi connectivity index (χ0n) is 17.8. The van der Waals surface area contributed by atoms with E-state index in [9.17, 15) is 19.7 Å². The van der Waals surface area contributed by atoms with Gasteiger partial charge in [0.1, 0.15) is 11.5 Å². The normalized spacial score (nSPS) is 11.6. The smallest absolute Gasteiger partial charge is 0.339 e. The maximum absolute atomic E-state index is 12.5. The lowest BCUT2D eigenvalue weighted by Gasteiger charge is -2.16. The molecule has 10 nitrogen and oxygen atoms in total. The number of nitrogens with one attached hydrogen (secondary N) is 2. The zero-order valence-corrected chi connectivity index (χ0v) is 17.8. The number of hydrogen-bond donors (Lipinski definition) is 2. The maximum atomic E-state index is 12.5. The molecule has 0 spiro atoms. The number of nitrogens with zero attached hydrogens (tertiary/aromatic N) is 3. The van der Waals surface area contributed by atoms with Crippen LogP contribution in [0.4, 0.5) is 22.9 Å². The highest BCUT2D eigenvalue weighted by Gasteiger charge is 2.23. The lowest BCUT2D eigenvalue weighted by Crippen LogP contribution is -2.31. The van der Waals surface area contributed by atoms with Crippen molar-refractivity contribution in [1.82, 2.24) is 9.78 Å². The van der Waals surface area contributed by atoms with E-state index in [-0.39, 0.29) is 23.0 Å². The number of benzene rings is 2. The lowest BCUT2D eigenvalue weighted by atomic mass is 10.1. The fourth-order valence-corrected chi connectivity index (χ4v) is 2.93. The first-order chi connectivity index (χ1) is 15.3. The summed E-state index contributed by atoms with van der Waals surface area (Å²) in [6.07, 6.45) is 0.426. The average Bonchev–Trinajstić information content (AvgIpc) is 3.23. The van der Waals surface area contributed by atoms with Crippen LogP contribution in [0.3, 0.4) is 0 Å². The topological polar surface area (TPSA) is 128 Å². The highest BCUT2D eigenvalue weighted by atomic mass is 16.6. The van der Waals surface area contributed by atoms with Crippen LogP contribution in [0.2, 0.25) is 0 Å². The van der Waals surface area contributed by atoms with E-state index in [2.05, 4.69) is 15.7 Å². The van der Waals surface area contributed by atoms with Crippen molar-refractivity contribution in [3.8, 4) is 0 Å². The van der Waals surface area contributed by atoms with Crippen molar-refractivity contribution in [3.05, 3.63) is 76.5 Å². The Morgan fingerprint density at radius 3 is 2.47 bits per heavy atom. The van der Waals surface area contributed by atoms with Gasteiger partial charge in [0.25, 0.3) is 11.6 Å². The van der Waals surface area contributed by atoms with Crippen LogP contribution in [0, 0.1) is 10.1 Å². The van der Waals surface area contributed by atoms with Crippen molar-refractivity contribution in [2.45, 2.75) is 32.9 Å². The summed E-state index contributed by atoms with van der Waals surface area (Å²) in [5.41, 5.74) is 0.561. The fraction of sp³-hybridized carbons (Fsp3) is 0.227. The van der Waals surface area contributed by atoms with Gasteiger partial charge < -0.3 is 15.4 Å². The summed E-state index contributed by atoms with van der Waals surface area (Å²) >= 11 is 0. The van der Waals surface area contributed by atoms with Crippen LogP contribution in [0.5, 0.6) is 0 Å². The van der Waals surface area contributed by atoms with Crippen molar-refractivity contribution < 1.29 is 19.2 Å². The third-order valence-corrected chi connectivity index (χ3v) is 4.55. The number of para-hydroxylation sites is 1. The molecule has 0 aliphatic carbocycles. The molecular weight excluding hydrogens is 414 g/mol. The molecule has 0 radical (unpaired) electrons. The van der Waals surface area contributed by atoms with E-state index in [0.717, 1.165) is 6.07 Å². The van der Waals surface area contributed by atoms with Crippen molar-refractivity contribution in [2.75, 3.05) is 10.6 Å². The van der Waals surface area contributed by atoms with E-state index in [0.29, 0.717) is 11.5 Å². The molecule has 0 saturated heterocycles. The van der Waals surface area contributed by atoms with E-state index in [1.165, 1.54) is 19.1 Å². The van der Waals surface area contributed by atoms with Gasteiger partial charge in [0.2, 0.25) is 0 Å². The van der Waals surface area contributed by atoms with Crippen molar-refractivity contribution in [3.63, 3.8) is 0 Å². The average molecular weight is 437 g/mol. The number of ether oxygens (including phenoxy) is 1. The van der Waals surface area contributed by atoms with Gasteiger partial charge in [-0.15, -0.1) is 0 Å². The standard InChI is InChI=1S/C22H23N5O5/c1-14(2)26-20(11-12-23-26)25-21(28)15(3)32-22(29)16-9-10-18(19(13-16)27(30)31)24-17-7-5-4-6-8-17/h4-15,24H,1-3H3,(H,25,28). The number of carbonyl (C=O) groups is 2. The fourth-order valence-electron chi connectivity index (χ4n) is 2.93. The van der Waals surface area contributed by atoms with Crippen LogP contribution >= 0.6 is 0 Å². The predicted molar refractivity (Wildman–Crippen MR) is 119 cm³/mol. The van der Waals surface area contributed by atoms with E-state index in [4.69, 9.17) is 4.74 Å². The Labute approximate surface area is 184 Å². The molecule has 2 N–H and O–H groups in total. The van der Waals surface area contributed by atoms with Crippen LogP contribution < -0.4 is 10.6 Å². The lowest BCUT2D eigenvalue weighted by molar-refractivity contribution is -0.383. The molecule has 0 aliphatic heterocycles. The molecule has 3 aromatic rings. The molecule has 0 fully saturated rings. The van der Waals surface area contributed by atoms with Crippen LogP contribution in [0.25, 0.3) is 0 Å². The second kappa shape index (κ2) is 9.73. The summed E-state index contributed by atoms with van der Waals surface area (Å²) in [5, 5.41) is 21.3. The molecule has 0 saturated carbocycles. The molecule has 3 rings (SSSR count). The van der Waals surface area contributed by atoms with Gasteiger partial charge in [0.05, 0.1) is 16.7 Å². The predicted octanol–water partition coefficient (Wildman–Crippen LogP) is 4.30. The van der Waals surface area contributed by atoms with Crippen molar-refractivity contribution in [1.29, 1.82) is 0 Å². The maximum Gasteiger partial charge on any atom is 0.339 e. The number of nitro benzene ring substituents is 1. The molecule has 10 heteroatoms. The summed E-state index contributed by atoms with van der Waals surface area (Å²) in [5.74, 6) is -0.920. The molecule has 0 bridgehead atoms. The van der Waals surface area contributed by atoms with Crippen molar-refractivity contribution >= 4 is 34.8 Å². The minimum absolute atomic E-state index is 0.0294. The molecule has 1 amide bonds. The van der Waals surface area contributed by atoms with Gasteiger partial charge in [-0.25, -0.2) is 9.48 Å². The Kier molecular flexibility index (Phi) is 6.83. The summed E-state index contributed by atoms with van der Waals surface area (Å²) in [4.78, 5) is 35.9. The Balaban J connectivity index is 1.71. The van der Waals surface area contributed by atoms with E-state index >= 15 is 0 Å². The summed E-state index contributed by atoms with van der Waals surface area (Å²) in [6, 6.07) is 14.5. The highest BCUT2D eigenvalue weighted by molar-refractivity contribution is 5.97. The molecule has 166 valence electrons. The van der Waals surface area contributed by atoms with Gasteiger partial charge in [0, 0.05) is 23.9 Å². The Bertz CT molecular complexity index is 1130. The molecule has 1 heterocycles. The quantitative estimate of drug-likeness (QED) is 0.305. The first-order valence-electron chi connectivity index (χ1n) is 9.92. The highest BCUT2D eigenvalue weighted by Crippen LogP contribution is 2.29. The summed E-state index contributed by atoms with van der Waals surface area (Å²) < 4.78 is 6.84. The summed E-state index contributed by atoms with van der Waals surface area (Å²) in [6.45, 7) is 5.24. The minimum atomic E-state index is -1.13. The van der Waals surface area contributed by atoms with Gasteiger partial charge in [0.15, 0.2) is 6.10 Å². The van der Waals surface area contributed by atoms with Gasteiger partial charge in [-0.3, -0.25) is 14.9 Å². The SMILES string of the molecule is CC(OC(=O)c1ccc(Nc2ccccc2)c([N+](=O)[O-])c1)C(=O)Nc1ccnn1C(C)C. The number of amides is 1. The number of nitro groups is 1. The Morgan fingerprint density at radius 2 is 1.81 bits per heavy atom. The van der Waals surface area contributed by atoms with Gasteiger partial charge in [-0.1, -0.05) is 18.2 Å². The number of esters is 1. The van der Waals surface area contributed by atoms with Gasteiger partial charge >= 0.3 is 5.97 Å². The molecule has 1 aromatic heterocycles. The number of anilines is 3. The second-order valence-electron chi connectivity index (χ2n) is 7.27. The molecule has 32 heavy (non-hydrogen) atoms. The molecular formula is C22H23N5O5. The number of carbonyl (C=O) groups excluding carboxylic acids is 2. The zero-order chi connectivity index (χ0) is 23.3. The Hall–Kier alpha value is -4.21. The number of aromatic nitrogens is 2. The van der Waals surface area contributed by atoms with Crippen LogP contribution in [0.15, 0.2) is 60.8 Å². The van der Waals surface area contributed by atoms with Crippen LogP contribution in [-0.4, -0.2) is 32.7 Å². The second-order valence-corrected chi connectivity index (χ2v) is 7.27. The summed E-state index contributed by atoms with van der Waals surface area (Å²) in [7, 11) is 0. The largest absolute Gasteiger partial charge is 0.449 e. The number of rotatable bonds is 8. The third kappa shape index (κ3) is 5.28. The first kappa shape index (κ1) is 22.5. The van der Waals surface area contributed by atoms with E-state index in [1.807, 2.05) is 19.9 Å². The van der Waals surface area contributed by atoms with Gasteiger partial charge in [-0.2, -0.15) is 5.10 Å². The number of hydrogen-bond acceptors (Lipinski definition) is 7.